The molecule has 4 aromatic rings. The number of rotatable bonds is 6. The fourth-order valence-electron chi connectivity index (χ4n) is 2.48. The normalized spacial score (nSPS) is 9.81. The van der Waals surface area contributed by atoms with Crippen LogP contribution in [0.3, 0.4) is 0 Å². The van der Waals surface area contributed by atoms with Crippen LogP contribution < -0.4 is 10.2 Å². The van der Waals surface area contributed by atoms with Crippen LogP contribution in [0.25, 0.3) is 0 Å². The largest absolute Gasteiger partial charge is 2.00 e. The molecular weight excluding hydrogens is 583 g/mol. The first-order valence-electron chi connectivity index (χ1n) is 8.82. The van der Waals surface area contributed by atoms with E-state index in [1.807, 2.05) is 60.7 Å². The second-order valence-corrected chi connectivity index (χ2v) is 6.15. The molecule has 0 N–H and O–H groups in total. The molecule has 0 aliphatic heterocycles. The number of nitrogens with zero attached hydrogens (tertiary/aromatic N) is 6. The number of aromatic carboxylic acids is 2. The summed E-state index contributed by atoms with van der Waals surface area (Å²) in [4.78, 5) is 20.9. The average Bonchev–Trinajstić information content (AvgIpc) is 3.40. The summed E-state index contributed by atoms with van der Waals surface area (Å²) in [5.41, 5.74) is 1.77. The van der Waals surface area contributed by atoms with E-state index in [0.29, 0.717) is 13.1 Å². The van der Waals surface area contributed by atoms with Gasteiger partial charge in [-0.1, -0.05) is 71.1 Å². The third-order valence-corrected chi connectivity index (χ3v) is 3.87. The molecule has 2 aromatic heterocycles. The molecule has 160 valence electrons. The zero-order chi connectivity index (χ0) is 21.3. The van der Waals surface area contributed by atoms with Gasteiger partial charge < -0.3 is 19.8 Å². The molecule has 0 spiro atoms. The van der Waals surface area contributed by atoms with E-state index < -0.39 is 11.9 Å². The number of aromatic nitrogens is 6. The van der Waals surface area contributed by atoms with Gasteiger partial charge in [-0.25, -0.2) is 9.36 Å². The number of hydrogen-bond donors (Lipinski definition) is 0. The Morgan fingerprint density at radius 3 is 1.32 bits per heavy atom. The molecule has 0 atom stereocenters. The van der Waals surface area contributed by atoms with Gasteiger partial charge in [0.2, 0.25) is 0 Å². The van der Waals surface area contributed by atoms with Gasteiger partial charge in [0.25, 0.3) is 0 Å². The fourth-order valence-corrected chi connectivity index (χ4v) is 2.48. The molecule has 0 saturated carbocycles. The first-order valence-corrected chi connectivity index (χ1v) is 8.82. The van der Waals surface area contributed by atoms with Gasteiger partial charge in [-0.2, -0.15) is 0 Å². The smallest absolute Gasteiger partial charge is 0.543 e. The van der Waals surface area contributed by atoms with Gasteiger partial charge in [0, 0.05) is 0 Å². The number of benzene rings is 2. The van der Waals surface area contributed by atoms with Gasteiger partial charge in [0.15, 0.2) is 0 Å². The molecule has 0 unspecified atom stereocenters. The maximum absolute atomic E-state index is 10.4. The van der Waals surface area contributed by atoms with Crippen LogP contribution in [0.2, 0.25) is 0 Å². The summed E-state index contributed by atoms with van der Waals surface area (Å²) in [5.74, 6) is -2.62. The Morgan fingerprint density at radius 2 is 1.03 bits per heavy atom. The Labute approximate surface area is 191 Å². The van der Waals surface area contributed by atoms with Crippen LogP contribution in [0.4, 0.5) is 0 Å². The van der Waals surface area contributed by atoms with Crippen molar-refractivity contribution in [3.63, 3.8) is 0 Å². The van der Waals surface area contributed by atoms with Crippen molar-refractivity contribution in [3.05, 3.63) is 95.6 Å². The van der Waals surface area contributed by atoms with Crippen molar-refractivity contribution in [3.8, 4) is 0 Å². The number of carbonyl (C=O) groups excluding carboxylic acids is 2. The summed E-state index contributed by atoms with van der Waals surface area (Å²) in [7, 11) is 0. The third kappa shape index (κ3) is 7.27. The Balaban J connectivity index is 0.000000213. The van der Waals surface area contributed by atoms with Crippen molar-refractivity contribution >= 4 is 11.9 Å². The summed E-state index contributed by atoms with van der Waals surface area (Å²) < 4.78 is 2.92. The van der Waals surface area contributed by atoms with Gasteiger partial charge >= 0.3 is 21.1 Å². The van der Waals surface area contributed by atoms with Crippen LogP contribution in [0.5, 0.6) is 0 Å². The van der Waals surface area contributed by atoms with Crippen molar-refractivity contribution in [2.45, 2.75) is 13.1 Å². The van der Waals surface area contributed by atoms with Crippen LogP contribution in [-0.4, -0.2) is 41.9 Å². The molecule has 4 rings (SSSR count). The van der Waals surface area contributed by atoms with E-state index >= 15 is 0 Å². The van der Waals surface area contributed by atoms with Crippen LogP contribution in [0.1, 0.15) is 32.1 Å². The van der Waals surface area contributed by atoms with Gasteiger partial charge in [-0.3, -0.25) is 0 Å². The average molecular weight is 599 g/mol. The fraction of sp³-hybridized carbons (Fsp3) is 0.100. The molecule has 11 heteroatoms. The summed E-state index contributed by atoms with van der Waals surface area (Å²) in [6, 6.07) is 19.2. The zero-order valence-corrected chi connectivity index (χ0v) is 18.2. The molecule has 0 aliphatic rings. The maximum Gasteiger partial charge on any atom is 2.00 e. The zero-order valence-electron chi connectivity index (χ0n) is 16.0. The van der Waals surface area contributed by atoms with Crippen molar-refractivity contribution in [1.29, 1.82) is 0 Å². The minimum Gasteiger partial charge on any atom is -0.543 e. The van der Waals surface area contributed by atoms with E-state index in [1.165, 1.54) is 21.8 Å². The predicted octanol–water partition coefficient (Wildman–Crippen LogP) is -0.623. The Kier molecular flexibility index (Phi) is 8.77. The van der Waals surface area contributed by atoms with Crippen LogP contribution in [0, 0.1) is 0 Å². The summed E-state index contributed by atoms with van der Waals surface area (Å²) in [6.45, 7) is 1.00. The second kappa shape index (κ2) is 11.5. The monoisotopic (exact) mass is 599 g/mol. The van der Waals surface area contributed by atoms with Crippen LogP contribution in [0.15, 0.2) is 73.1 Å². The van der Waals surface area contributed by atoms with Gasteiger partial charge in [-0.15, -0.1) is 10.2 Å². The molecule has 31 heavy (non-hydrogen) atoms. The number of carbonyl (C=O) groups is 2. The van der Waals surface area contributed by atoms with E-state index in [1.54, 1.807) is 0 Å². The van der Waals surface area contributed by atoms with Crippen LogP contribution in [-0.2, 0) is 34.2 Å². The summed E-state index contributed by atoms with van der Waals surface area (Å²) in [5, 5.41) is 35.2. The minimum atomic E-state index is -1.31. The Hall–Kier alpha value is -3.65. The molecule has 0 aliphatic carbocycles. The number of hydrogen-bond acceptors (Lipinski definition) is 8. The topological polar surface area (TPSA) is 142 Å². The first-order chi connectivity index (χ1) is 14.5. The number of carboxylic acid groups (broad SMARTS) is 2. The SMILES string of the molecule is O=C([O-])c1cn(Cc2ccccc2)nn1.O=C([O-])c1cn(Cc2ccccc2)nn1.[Pt+2]. The van der Waals surface area contributed by atoms with Gasteiger partial charge in [0.05, 0.1) is 37.4 Å². The minimum absolute atomic E-state index is 0. The standard InChI is InChI=1S/2C10H9N3O2.Pt/c2*14-10(15)9-7-13(12-11-9)6-8-4-2-1-3-5-8;/h2*1-5,7H,6H2,(H,14,15);/q;;+2/p-2. The molecule has 0 bridgehead atoms. The molecule has 2 heterocycles. The molecule has 0 radical (unpaired) electrons. The van der Waals surface area contributed by atoms with Crippen molar-refractivity contribution in [1.82, 2.24) is 30.0 Å². The van der Waals surface area contributed by atoms with E-state index in [-0.39, 0.29) is 32.5 Å². The quantitative estimate of drug-likeness (QED) is 0.286. The third-order valence-electron chi connectivity index (χ3n) is 3.87. The molecule has 10 nitrogen and oxygen atoms in total. The van der Waals surface area contributed by atoms with Gasteiger partial charge in [0.1, 0.15) is 11.4 Å². The van der Waals surface area contributed by atoms with E-state index in [4.69, 9.17) is 0 Å². The van der Waals surface area contributed by atoms with Crippen molar-refractivity contribution < 1.29 is 40.9 Å². The van der Waals surface area contributed by atoms with E-state index in [2.05, 4.69) is 20.6 Å². The molecule has 2 aromatic carbocycles. The van der Waals surface area contributed by atoms with Crippen molar-refractivity contribution in [2.24, 2.45) is 0 Å². The van der Waals surface area contributed by atoms with E-state index in [9.17, 15) is 19.8 Å². The van der Waals surface area contributed by atoms with E-state index in [0.717, 1.165) is 11.1 Å². The number of carboxylic acids is 2. The predicted molar refractivity (Wildman–Crippen MR) is 99.8 cm³/mol. The second-order valence-electron chi connectivity index (χ2n) is 6.15. The molecule has 0 saturated heterocycles. The molecular formula is C20H16N6O4Pt. The van der Waals surface area contributed by atoms with Crippen LogP contribution >= 0.6 is 0 Å². The Bertz CT molecular complexity index is 1030. The maximum atomic E-state index is 10.4. The summed E-state index contributed by atoms with van der Waals surface area (Å²) >= 11 is 0. The molecule has 0 amide bonds. The first kappa shape index (κ1) is 23.6. The van der Waals surface area contributed by atoms with Gasteiger partial charge in [-0.05, 0) is 11.1 Å². The Morgan fingerprint density at radius 1 is 0.677 bits per heavy atom. The molecule has 0 fully saturated rings. The van der Waals surface area contributed by atoms with Crippen molar-refractivity contribution in [2.75, 3.05) is 0 Å². The summed E-state index contributed by atoms with van der Waals surface area (Å²) in [6.07, 6.45) is 2.70.